The van der Waals surface area contributed by atoms with E-state index >= 15 is 0 Å². The molecule has 5 nitrogen and oxygen atoms in total. The van der Waals surface area contributed by atoms with Gasteiger partial charge in [-0.2, -0.15) is 0 Å². The van der Waals surface area contributed by atoms with Crippen molar-refractivity contribution in [2.24, 2.45) is 5.92 Å². The number of carbonyl (C=O) groups excluding carboxylic acids is 1. The molecule has 24 heavy (non-hydrogen) atoms. The minimum Gasteiger partial charge on any atom is -0.292 e. The minimum atomic E-state index is -3.94. The van der Waals surface area contributed by atoms with Crippen molar-refractivity contribution >= 4 is 44.8 Å². The molecule has 0 atom stereocenters. The van der Waals surface area contributed by atoms with Gasteiger partial charge in [0.05, 0.1) is 5.02 Å². The third kappa shape index (κ3) is 4.69. The molecule has 1 aromatic carbocycles. The number of anilines is 1. The molecule has 1 N–H and O–H groups in total. The van der Waals surface area contributed by atoms with E-state index in [1.54, 1.807) is 12.1 Å². The lowest BCUT2D eigenvalue weighted by Gasteiger charge is -2.10. The summed E-state index contributed by atoms with van der Waals surface area (Å²) >= 11 is 11.7. The highest BCUT2D eigenvalue weighted by atomic mass is 35.5. The summed E-state index contributed by atoms with van der Waals surface area (Å²) < 4.78 is 27.2. The number of nitrogens with zero attached hydrogens (tertiary/aromatic N) is 1. The van der Waals surface area contributed by atoms with Gasteiger partial charge in [-0.1, -0.05) is 43.1 Å². The van der Waals surface area contributed by atoms with Crippen molar-refractivity contribution in [2.45, 2.75) is 25.2 Å². The van der Waals surface area contributed by atoms with Gasteiger partial charge >= 0.3 is 0 Å². The number of halogens is 2. The van der Waals surface area contributed by atoms with Gasteiger partial charge in [-0.3, -0.25) is 9.52 Å². The Labute approximate surface area is 151 Å². The lowest BCUT2D eigenvalue weighted by atomic mass is 10.1. The maximum absolute atomic E-state index is 12.4. The highest BCUT2D eigenvalue weighted by Gasteiger charge is 2.19. The zero-order chi connectivity index (χ0) is 17.9. The van der Waals surface area contributed by atoms with E-state index in [4.69, 9.17) is 23.2 Å². The van der Waals surface area contributed by atoms with Crippen LogP contribution < -0.4 is 4.72 Å². The van der Waals surface area contributed by atoms with Gasteiger partial charge in [0, 0.05) is 11.4 Å². The highest BCUT2D eigenvalue weighted by molar-refractivity contribution is 7.92. The molecule has 0 bridgehead atoms. The van der Waals surface area contributed by atoms with Crippen LogP contribution in [0.4, 0.5) is 5.82 Å². The average Bonchev–Trinajstić information content (AvgIpc) is 2.45. The van der Waals surface area contributed by atoms with E-state index in [1.165, 1.54) is 24.3 Å². The number of Topliss-reactive ketones (excluding diaryl/α,β-unsaturated/α-hetero) is 1. The van der Waals surface area contributed by atoms with Crippen molar-refractivity contribution in [3.05, 3.63) is 52.1 Å². The molecule has 0 fully saturated rings. The van der Waals surface area contributed by atoms with E-state index < -0.39 is 10.0 Å². The third-order valence-corrected chi connectivity index (χ3v) is 5.12. The predicted octanol–water partition coefficient (Wildman–Crippen LogP) is 4.42. The molecule has 0 unspecified atom stereocenters. The quantitative estimate of drug-likeness (QED) is 0.745. The molecule has 2 aromatic rings. The van der Waals surface area contributed by atoms with Gasteiger partial charge in [-0.25, -0.2) is 13.4 Å². The number of ketones is 1. The first-order valence-electron chi connectivity index (χ1n) is 7.17. The van der Waals surface area contributed by atoms with E-state index in [1.807, 2.05) is 13.8 Å². The molecule has 2 rings (SSSR count). The molecule has 0 radical (unpaired) electrons. The summed E-state index contributed by atoms with van der Waals surface area (Å²) in [5.41, 5.74) is 0.214. The molecule has 0 amide bonds. The van der Waals surface area contributed by atoms with Crippen molar-refractivity contribution in [2.75, 3.05) is 4.72 Å². The number of sulfonamides is 1. The van der Waals surface area contributed by atoms with E-state index in [9.17, 15) is 13.2 Å². The Morgan fingerprint density at radius 2 is 1.92 bits per heavy atom. The van der Waals surface area contributed by atoms with Gasteiger partial charge in [0.15, 0.2) is 5.78 Å². The van der Waals surface area contributed by atoms with Crippen LogP contribution in [0.2, 0.25) is 10.0 Å². The molecule has 0 aliphatic heterocycles. The second-order valence-corrected chi connectivity index (χ2v) is 8.10. The fourth-order valence-electron chi connectivity index (χ4n) is 2.01. The molecule has 0 spiro atoms. The van der Waals surface area contributed by atoms with Crippen LogP contribution in [-0.2, 0) is 10.0 Å². The monoisotopic (exact) mass is 386 g/mol. The Morgan fingerprint density at radius 3 is 2.54 bits per heavy atom. The Hall–Kier alpha value is -1.63. The van der Waals surface area contributed by atoms with Crippen molar-refractivity contribution in [1.82, 2.24) is 4.98 Å². The van der Waals surface area contributed by atoms with Crippen LogP contribution >= 0.6 is 23.2 Å². The molecule has 1 aromatic heterocycles. The normalized spacial score (nSPS) is 11.5. The van der Waals surface area contributed by atoms with Crippen LogP contribution in [0.5, 0.6) is 0 Å². The van der Waals surface area contributed by atoms with Crippen molar-refractivity contribution in [3.63, 3.8) is 0 Å². The summed E-state index contributed by atoms with van der Waals surface area (Å²) in [5, 5.41) is 0.334. The number of hydrogen-bond donors (Lipinski definition) is 1. The Bertz CT molecular complexity index is 867. The fourth-order valence-corrected chi connectivity index (χ4v) is 3.78. The van der Waals surface area contributed by atoms with Gasteiger partial charge in [0.1, 0.15) is 16.4 Å². The SMILES string of the molecule is CC(C)CC(=O)c1cccc(NS(=O)(=O)c2ccc(Cl)cc2Cl)n1. The number of pyridine rings is 1. The van der Waals surface area contributed by atoms with Gasteiger partial charge in [-0.05, 0) is 36.2 Å². The Balaban J connectivity index is 2.28. The van der Waals surface area contributed by atoms with Crippen LogP contribution in [0.25, 0.3) is 0 Å². The van der Waals surface area contributed by atoms with Crippen molar-refractivity contribution in [1.29, 1.82) is 0 Å². The summed E-state index contributed by atoms with van der Waals surface area (Å²) in [5.74, 6) is 0.0960. The molecule has 128 valence electrons. The summed E-state index contributed by atoms with van der Waals surface area (Å²) in [7, 11) is -3.94. The standard InChI is InChI=1S/C16H16Cl2N2O3S/c1-10(2)8-14(21)13-4-3-5-16(19-13)20-24(22,23)15-7-6-11(17)9-12(15)18/h3-7,9-10H,8H2,1-2H3,(H,19,20). The van der Waals surface area contributed by atoms with Crippen molar-refractivity contribution in [3.8, 4) is 0 Å². The first-order chi connectivity index (χ1) is 11.2. The van der Waals surface area contributed by atoms with Gasteiger partial charge in [0.25, 0.3) is 10.0 Å². The zero-order valence-corrected chi connectivity index (χ0v) is 15.4. The van der Waals surface area contributed by atoms with E-state index in [-0.39, 0.29) is 33.1 Å². The highest BCUT2D eigenvalue weighted by Crippen LogP contribution is 2.26. The smallest absolute Gasteiger partial charge is 0.264 e. The van der Waals surface area contributed by atoms with Crippen LogP contribution in [0.1, 0.15) is 30.8 Å². The predicted molar refractivity (Wildman–Crippen MR) is 95.3 cm³/mol. The summed E-state index contributed by atoms with van der Waals surface area (Å²) in [6, 6.07) is 8.67. The number of aromatic nitrogens is 1. The van der Waals surface area contributed by atoms with E-state index in [2.05, 4.69) is 9.71 Å². The second kappa shape index (κ2) is 7.51. The van der Waals surface area contributed by atoms with Crippen LogP contribution in [0, 0.1) is 5.92 Å². The molecule has 0 aliphatic rings. The van der Waals surface area contributed by atoms with Gasteiger partial charge in [-0.15, -0.1) is 0 Å². The van der Waals surface area contributed by atoms with E-state index in [0.717, 1.165) is 0 Å². The van der Waals surface area contributed by atoms with Crippen LogP contribution in [0.3, 0.4) is 0 Å². The van der Waals surface area contributed by atoms with Crippen molar-refractivity contribution < 1.29 is 13.2 Å². The molecule has 1 heterocycles. The molecule has 0 saturated heterocycles. The Morgan fingerprint density at radius 1 is 1.21 bits per heavy atom. The number of benzene rings is 1. The summed E-state index contributed by atoms with van der Waals surface area (Å²) in [6.07, 6.45) is 0.339. The number of carbonyl (C=O) groups is 1. The van der Waals surface area contributed by atoms with Crippen LogP contribution in [-0.4, -0.2) is 19.2 Å². The first kappa shape index (κ1) is 18.7. The summed E-state index contributed by atoms with van der Waals surface area (Å²) in [6.45, 7) is 3.85. The molecule has 0 aliphatic carbocycles. The Kier molecular flexibility index (Phi) is 5.85. The van der Waals surface area contributed by atoms with Crippen LogP contribution in [0.15, 0.2) is 41.3 Å². The van der Waals surface area contributed by atoms with E-state index in [0.29, 0.717) is 11.4 Å². The number of rotatable bonds is 6. The number of hydrogen-bond acceptors (Lipinski definition) is 4. The topological polar surface area (TPSA) is 76.1 Å². The maximum atomic E-state index is 12.4. The first-order valence-corrected chi connectivity index (χ1v) is 9.41. The molecule has 0 saturated carbocycles. The number of nitrogens with one attached hydrogen (secondary N) is 1. The molecular weight excluding hydrogens is 371 g/mol. The lowest BCUT2D eigenvalue weighted by Crippen LogP contribution is -2.15. The summed E-state index contributed by atoms with van der Waals surface area (Å²) in [4.78, 5) is 16.0. The zero-order valence-electron chi connectivity index (χ0n) is 13.1. The lowest BCUT2D eigenvalue weighted by molar-refractivity contribution is 0.0963. The maximum Gasteiger partial charge on any atom is 0.264 e. The minimum absolute atomic E-state index is 0.00189. The average molecular weight is 387 g/mol. The third-order valence-electron chi connectivity index (χ3n) is 3.05. The van der Waals surface area contributed by atoms with Gasteiger partial charge in [0.2, 0.25) is 0 Å². The second-order valence-electron chi connectivity index (χ2n) is 5.61. The molecular formula is C16H16Cl2N2O3S. The molecule has 8 heteroatoms. The van der Waals surface area contributed by atoms with Gasteiger partial charge < -0.3 is 0 Å². The fraction of sp³-hybridized carbons (Fsp3) is 0.250. The largest absolute Gasteiger partial charge is 0.292 e.